The van der Waals surface area contributed by atoms with Crippen LogP contribution in [0, 0.1) is 0 Å². The van der Waals surface area contributed by atoms with E-state index in [0.717, 1.165) is 47.5 Å². The Morgan fingerprint density at radius 1 is 0.714 bits per heavy atom. The van der Waals surface area contributed by atoms with E-state index < -0.39 is 7.26 Å². The molecule has 0 aromatic heterocycles. The first-order valence-electron chi connectivity index (χ1n) is 11.1. The molecule has 1 aliphatic rings. The Labute approximate surface area is 218 Å². The van der Waals surface area contributed by atoms with Gasteiger partial charge in [0.05, 0.1) is 27.4 Å². The number of carbonyl (C=O) groups excluding carboxylic acids is 2. The maximum Gasteiger partial charge on any atom is 0.466 e. The highest BCUT2D eigenvalue weighted by Gasteiger charge is 2.55. The minimum absolute atomic E-state index is 0. The Bertz CT molecular complexity index is 983. The lowest BCUT2D eigenvalue weighted by molar-refractivity contribution is -0.134. The molecule has 4 rings (SSSR count). The number of ether oxygens (including phenoxy) is 3. The molecule has 184 valence electrons. The third-order valence-corrected chi connectivity index (χ3v) is 9.49. The Kier molecular flexibility index (Phi) is 11.8. The number of methoxy groups -OCH3 is 2. The molecule has 1 aliphatic heterocycles. The summed E-state index contributed by atoms with van der Waals surface area (Å²) in [4.78, 5) is 23.8. The van der Waals surface area contributed by atoms with Gasteiger partial charge in [-0.05, 0) is 49.2 Å². The zero-order valence-corrected chi connectivity index (χ0v) is 22.4. The quantitative estimate of drug-likeness (QED) is 0.272. The predicted molar refractivity (Wildman–Crippen MR) is 138 cm³/mol. The Morgan fingerprint density at radius 2 is 1.11 bits per heavy atom. The third kappa shape index (κ3) is 7.11. The van der Waals surface area contributed by atoms with Gasteiger partial charge in [0, 0.05) is 6.08 Å². The second-order valence-corrected chi connectivity index (χ2v) is 10.8. The summed E-state index contributed by atoms with van der Waals surface area (Å²) in [6.07, 6.45) is 3.27. The Balaban J connectivity index is 0.000000305. The van der Waals surface area contributed by atoms with Crippen LogP contribution in [0.15, 0.2) is 103 Å². The Hall–Kier alpha value is -2.79. The highest BCUT2D eigenvalue weighted by Crippen LogP contribution is 2.56. The number of benzene rings is 3. The highest BCUT2D eigenvalue weighted by atomic mass is 79.9. The van der Waals surface area contributed by atoms with Gasteiger partial charge in [-0.15, -0.1) is 0 Å². The van der Waals surface area contributed by atoms with E-state index in [1.165, 1.54) is 14.2 Å². The van der Waals surface area contributed by atoms with Crippen molar-refractivity contribution in [2.45, 2.75) is 12.8 Å². The second kappa shape index (κ2) is 14.6. The molecule has 3 aromatic rings. The second-order valence-electron chi connectivity index (χ2n) is 7.59. The van der Waals surface area contributed by atoms with Gasteiger partial charge >= 0.3 is 11.7 Å². The largest absolute Gasteiger partial charge is 1.00 e. The predicted octanol–water partition coefficient (Wildman–Crippen LogP) is 1.65. The van der Waals surface area contributed by atoms with Crippen molar-refractivity contribution in [3.63, 3.8) is 0 Å². The average molecular weight is 557 g/mol. The molecule has 1 saturated heterocycles. The molecular formula is C28H30BrO5P. The first-order valence-corrected chi connectivity index (χ1v) is 12.9. The maximum absolute atomic E-state index is 13.1. The van der Waals surface area contributed by atoms with E-state index in [9.17, 15) is 9.59 Å². The van der Waals surface area contributed by atoms with Crippen molar-refractivity contribution >= 4 is 34.9 Å². The SMILES string of the molecule is COC(=O)C=C1CCOCC1.COC(=O)[P+](c1ccccc1)(c1ccccc1)c1ccccc1.[Br-]. The molecule has 0 radical (unpaired) electrons. The van der Waals surface area contributed by atoms with Crippen molar-refractivity contribution < 1.29 is 40.8 Å². The molecule has 0 atom stereocenters. The topological polar surface area (TPSA) is 61.8 Å². The lowest BCUT2D eigenvalue weighted by Gasteiger charge is -2.23. The minimum atomic E-state index is -2.51. The van der Waals surface area contributed by atoms with Crippen LogP contribution >= 0.6 is 7.26 Å². The number of halogens is 1. The Morgan fingerprint density at radius 3 is 1.46 bits per heavy atom. The summed E-state index contributed by atoms with van der Waals surface area (Å²) < 4.78 is 14.9. The van der Waals surface area contributed by atoms with E-state index in [1.807, 2.05) is 91.0 Å². The van der Waals surface area contributed by atoms with Crippen LogP contribution in [0.25, 0.3) is 0 Å². The van der Waals surface area contributed by atoms with Crippen LogP contribution in [-0.2, 0) is 19.0 Å². The van der Waals surface area contributed by atoms with Crippen molar-refractivity contribution in [2.75, 3.05) is 27.4 Å². The summed E-state index contributed by atoms with van der Waals surface area (Å²) in [6.45, 7) is 1.45. The molecule has 1 fully saturated rings. The fourth-order valence-electron chi connectivity index (χ4n) is 3.86. The van der Waals surface area contributed by atoms with Gasteiger partial charge in [0.25, 0.3) is 0 Å². The summed E-state index contributed by atoms with van der Waals surface area (Å²) in [5.41, 5.74) is 0.948. The fraction of sp³-hybridized carbons (Fsp3) is 0.214. The number of rotatable bonds is 5. The van der Waals surface area contributed by atoms with Crippen molar-refractivity contribution in [1.82, 2.24) is 0 Å². The number of hydrogen-bond acceptors (Lipinski definition) is 5. The van der Waals surface area contributed by atoms with Gasteiger partial charge in [-0.1, -0.05) is 60.2 Å². The van der Waals surface area contributed by atoms with Crippen molar-refractivity contribution in [1.29, 1.82) is 0 Å². The number of carbonyl (C=O) groups is 2. The standard InChI is InChI=1S/C20H18O2P.C8H12O3.BrH/c1-22-20(21)23(17-11-5-2-6-12-17,18-13-7-3-8-14-18)19-15-9-4-10-16-19;1-10-8(9)6-7-2-4-11-5-3-7;/h2-16H,1H3;6H,2-5H2,1H3;1H/q+1;;/p-1. The summed E-state index contributed by atoms with van der Waals surface area (Å²) in [5.74, 6) is -0.262. The molecule has 5 nitrogen and oxygen atoms in total. The van der Waals surface area contributed by atoms with Gasteiger partial charge in [0.1, 0.15) is 15.9 Å². The molecule has 0 saturated carbocycles. The van der Waals surface area contributed by atoms with Gasteiger partial charge in [0.2, 0.25) is 7.26 Å². The van der Waals surface area contributed by atoms with Crippen LogP contribution < -0.4 is 32.9 Å². The van der Waals surface area contributed by atoms with Crippen LogP contribution in [0.1, 0.15) is 12.8 Å². The zero-order chi connectivity index (χ0) is 24.2. The van der Waals surface area contributed by atoms with E-state index in [4.69, 9.17) is 9.47 Å². The maximum atomic E-state index is 13.1. The van der Waals surface area contributed by atoms with E-state index in [0.29, 0.717) is 0 Å². The molecule has 0 bridgehead atoms. The molecule has 3 aromatic carbocycles. The molecular weight excluding hydrogens is 527 g/mol. The molecule has 0 unspecified atom stereocenters. The summed E-state index contributed by atoms with van der Waals surface area (Å²) >= 11 is 0. The average Bonchev–Trinajstić information content (AvgIpc) is 2.92. The van der Waals surface area contributed by atoms with Crippen molar-refractivity contribution in [3.05, 3.63) is 103 Å². The molecule has 35 heavy (non-hydrogen) atoms. The van der Waals surface area contributed by atoms with E-state index >= 15 is 0 Å². The molecule has 0 N–H and O–H groups in total. The zero-order valence-electron chi connectivity index (χ0n) is 19.9. The number of esters is 1. The molecule has 0 spiro atoms. The van der Waals surface area contributed by atoms with Gasteiger partial charge in [-0.25, -0.2) is 9.59 Å². The normalized spacial score (nSPS) is 12.8. The molecule has 0 aliphatic carbocycles. The van der Waals surface area contributed by atoms with E-state index in [1.54, 1.807) is 6.08 Å². The molecule has 1 heterocycles. The minimum Gasteiger partial charge on any atom is -1.00 e. The van der Waals surface area contributed by atoms with Gasteiger partial charge in [-0.3, -0.25) is 0 Å². The fourth-order valence-corrected chi connectivity index (χ4v) is 7.52. The van der Waals surface area contributed by atoms with Gasteiger partial charge < -0.3 is 31.2 Å². The van der Waals surface area contributed by atoms with Crippen molar-refractivity contribution in [3.8, 4) is 0 Å². The summed E-state index contributed by atoms with van der Waals surface area (Å²) in [5, 5.41) is 3.01. The molecule has 7 heteroatoms. The lowest BCUT2D eigenvalue weighted by Crippen LogP contribution is -3.00. The van der Waals surface area contributed by atoms with Gasteiger partial charge in [-0.2, -0.15) is 0 Å². The van der Waals surface area contributed by atoms with Crippen LogP contribution in [0.5, 0.6) is 0 Å². The number of hydrogen-bond donors (Lipinski definition) is 0. The monoisotopic (exact) mass is 556 g/mol. The van der Waals surface area contributed by atoms with Crippen LogP contribution in [0.2, 0.25) is 0 Å². The van der Waals surface area contributed by atoms with E-state index in [2.05, 4.69) is 4.74 Å². The summed E-state index contributed by atoms with van der Waals surface area (Å²) in [6, 6.07) is 29.8. The smallest absolute Gasteiger partial charge is 0.466 e. The molecule has 0 amide bonds. The van der Waals surface area contributed by atoms with Crippen LogP contribution in [0.4, 0.5) is 4.79 Å². The first-order chi connectivity index (χ1) is 16.6. The summed E-state index contributed by atoms with van der Waals surface area (Å²) in [7, 11) is 0.346. The van der Waals surface area contributed by atoms with Crippen LogP contribution in [0.3, 0.4) is 0 Å². The van der Waals surface area contributed by atoms with Crippen molar-refractivity contribution in [2.24, 2.45) is 0 Å². The highest BCUT2D eigenvalue weighted by molar-refractivity contribution is 8.07. The van der Waals surface area contributed by atoms with Crippen LogP contribution in [-0.4, -0.2) is 39.1 Å². The van der Waals surface area contributed by atoms with E-state index in [-0.39, 0.29) is 28.7 Å². The first kappa shape index (κ1) is 28.4. The lowest BCUT2D eigenvalue weighted by atomic mass is 10.1. The van der Waals surface area contributed by atoms with Gasteiger partial charge in [0.15, 0.2) is 0 Å². The third-order valence-electron chi connectivity index (χ3n) is 5.54.